The molecule has 1 N–H and O–H groups in total. The van der Waals surface area contributed by atoms with Gasteiger partial charge in [-0.15, -0.1) is 0 Å². The molecule has 1 amide bonds. The minimum atomic E-state index is -0.640. The number of carbonyl (C=O) groups is 1. The third-order valence-electron chi connectivity index (χ3n) is 2.45. The molecule has 1 aliphatic rings. The summed E-state index contributed by atoms with van der Waals surface area (Å²) in [6, 6.07) is 3.09. The van der Waals surface area contributed by atoms with Crippen molar-refractivity contribution in [2.24, 2.45) is 5.92 Å². The van der Waals surface area contributed by atoms with Crippen molar-refractivity contribution in [3.63, 3.8) is 0 Å². The Hall–Kier alpha value is -1.49. The van der Waals surface area contributed by atoms with Crippen LogP contribution in [0.1, 0.15) is 0 Å². The zero-order chi connectivity index (χ0) is 10.8. The molecule has 1 aliphatic heterocycles. The summed E-state index contributed by atoms with van der Waals surface area (Å²) in [6.45, 7) is 1.46. The molecular weight excluding hydrogens is 197 g/mol. The van der Waals surface area contributed by atoms with Crippen molar-refractivity contribution in [3.05, 3.63) is 24.3 Å². The van der Waals surface area contributed by atoms with Crippen LogP contribution in [0.3, 0.4) is 0 Å². The highest BCUT2D eigenvalue weighted by atomic mass is 19.1. The lowest BCUT2D eigenvalue weighted by atomic mass is 10.0. The summed E-state index contributed by atoms with van der Waals surface area (Å²) < 4.78 is 13.1. The van der Waals surface area contributed by atoms with E-state index in [0.29, 0.717) is 0 Å². The Labute approximate surface area is 87.1 Å². The zero-order valence-corrected chi connectivity index (χ0v) is 8.40. The number of carbonyl (C=O) groups excluding carboxylic acids is 1. The van der Waals surface area contributed by atoms with Gasteiger partial charge in [0.25, 0.3) is 0 Å². The second kappa shape index (κ2) is 3.94. The van der Waals surface area contributed by atoms with Crippen LogP contribution in [0.4, 0.5) is 10.1 Å². The highest BCUT2D eigenvalue weighted by Gasteiger charge is 2.30. The minimum Gasteiger partial charge on any atom is -0.322 e. The summed E-state index contributed by atoms with van der Waals surface area (Å²) >= 11 is 0. The van der Waals surface area contributed by atoms with Crippen LogP contribution in [0.5, 0.6) is 0 Å². The van der Waals surface area contributed by atoms with E-state index in [0.717, 1.165) is 13.1 Å². The Morgan fingerprint density at radius 2 is 2.40 bits per heavy atom. The number of nitrogens with one attached hydrogen (secondary N) is 1. The molecular formula is C10H12FN3O. The highest BCUT2D eigenvalue weighted by molar-refractivity contribution is 5.93. The number of amides is 1. The average molecular weight is 209 g/mol. The van der Waals surface area contributed by atoms with Gasteiger partial charge in [-0.3, -0.25) is 4.79 Å². The standard InChI is InChI=1S/C10H12FN3O/c1-14-5-7(6-14)10(15)13-8-3-2-4-12-9(8)11/h2-4,7H,5-6H2,1H3,(H,13,15). The molecule has 0 spiro atoms. The van der Waals surface area contributed by atoms with Crippen molar-refractivity contribution in [2.45, 2.75) is 0 Å². The molecule has 1 aromatic rings. The molecule has 1 aromatic heterocycles. The van der Waals surface area contributed by atoms with Gasteiger partial charge in [0.15, 0.2) is 0 Å². The van der Waals surface area contributed by atoms with E-state index in [1.807, 2.05) is 11.9 Å². The van der Waals surface area contributed by atoms with Crippen LogP contribution in [-0.4, -0.2) is 35.9 Å². The van der Waals surface area contributed by atoms with Gasteiger partial charge in [-0.1, -0.05) is 0 Å². The van der Waals surface area contributed by atoms with E-state index < -0.39 is 5.95 Å². The maximum absolute atomic E-state index is 13.1. The number of hydrogen-bond donors (Lipinski definition) is 1. The normalized spacial score (nSPS) is 17.2. The van der Waals surface area contributed by atoms with Gasteiger partial charge in [-0.05, 0) is 19.2 Å². The first kappa shape index (κ1) is 10.0. The van der Waals surface area contributed by atoms with Crippen LogP contribution >= 0.6 is 0 Å². The number of likely N-dealkylation sites (tertiary alicyclic amines) is 1. The fraction of sp³-hybridized carbons (Fsp3) is 0.400. The molecule has 4 nitrogen and oxygen atoms in total. The molecule has 0 aliphatic carbocycles. The van der Waals surface area contributed by atoms with Crippen LogP contribution in [-0.2, 0) is 4.79 Å². The van der Waals surface area contributed by atoms with Gasteiger partial charge >= 0.3 is 0 Å². The molecule has 2 rings (SSSR count). The van der Waals surface area contributed by atoms with Crippen molar-refractivity contribution in [1.82, 2.24) is 9.88 Å². The summed E-state index contributed by atoms with van der Waals surface area (Å²) in [5.41, 5.74) is 0.150. The first-order chi connectivity index (χ1) is 7.16. The van der Waals surface area contributed by atoms with E-state index in [4.69, 9.17) is 0 Å². The quantitative estimate of drug-likeness (QED) is 0.730. The van der Waals surface area contributed by atoms with Crippen molar-refractivity contribution < 1.29 is 9.18 Å². The van der Waals surface area contributed by atoms with Gasteiger partial charge in [0.2, 0.25) is 11.9 Å². The number of hydrogen-bond acceptors (Lipinski definition) is 3. The number of anilines is 1. The summed E-state index contributed by atoms with van der Waals surface area (Å²) in [5, 5.41) is 2.53. The molecule has 1 fully saturated rings. The molecule has 0 unspecified atom stereocenters. The molecule has 0 aromatic carbocycles. The number of pyridine rings is 1. The number of nitrogens with zero attached hydrogens (tertiary/aromatic N) is 2. The molecule has 15 heavy (non-hydrogen) atoms. The van der Waals surface area contributed by atoms with Crippen LogP contribution < -0.4 is 5.32 Å². The number of halogens is 1. The van der Waals surface area contributed by atoms with Crippen LogP contribution in [0.25, 0.3) is 0 Å². The largest absolute Gasteiger partial charge is 0.322 e. The number of aromatic nitrogens is 1. The topological polar surface area (TPSA) is 45.2 Å². The monoisotopic (exact) mass is 209 g/mol. The van der Waals surface area contributed by atoms with Crippen molar-refractivity contribution >= 4 is 11.6 Å². The molecule has 0 saturated carbocycles. The average Bonchev–Trinajstić information content (AvgIpc) is 2.17. The third-order valence-corrected chi connectivity index (χ3v) is 2.45. The van der Waals surface area contributed by atoms with E-state index >= 15 is 0 Å². The van der Waals surface area contributed by atoms with E-state index in [-0.39, 0.29) is 17.5 Å². The van der Waals surface area contributed by atoms with Gasteiger partial charge in [-0.25, -0.2) is 4.98 Å². The molecule has 80 valence electrons. The first-order valence-corrected chi connectivity index (χ1v) is 4.77. The molecule has 0 bridgehead atoms. The lowest BCUT2D eigenvalue weighted by molar-refractivity contribution is -0.124. The van der Waals surface area contributed by atoms with Gasteiger partial charge in [-0.2, -0.15) is 4.39 Å². The van der Waals surface area contributed by atoms with Crippen molar-refractivity contribution in [1.29, 1.82) is 0 Å². The molecule has 5 heteroatoms. The van der Waals surface area contributed by atoms with E-state index in [1.54, 1.807) is 6.07 Å². The summed E-state index contributed by atoms with van der Waals surface area (Å²) in [5.74, 6) is -0.812. The fourth-order valence-corrected chi connectivity index (χ4v) is 1.58. The highest BCUT2D eigenvalue weighted by Crippen LogP contribution is 2.16. The molecule has 2 heterocycles. The summed E-state index contributed by atoms with van der Waals surface area (Å²) in [4.78, 5) is 17.1. The van der Waals surface area contributed by atoms with Crippen LogP contribution in [0.15, 0.2) is 18.3 Å². The fourth-order valence-electron chi connectivity index (χ4n) is 1.58. The summed E-state index contributed by atoms with van der Waals surface area (Å²) in [7, 11) is 1.94. The lowest BCUT2D eigenvalue weighted by Gasteiger charge is -2.34. The predicted octanol–water partition coefficient (Wildman–Crippen LogP) is 0.721. The Balaban J connectivity index is 1.97. The first-order valence-electron chi connectivity index (χ1n) is 4.77. The van der Waals surface area contributed by atoms with Gasteiger partial charge in [0, 0.05) is 19.3 Å². The minimum absolute atomic E-state index is 0.0328. The maximum Gasteiger partial charge on any atom is 0.236 e. The Bertz CT molecular complexity index is 377. The molecule has 0 atom stereocenters. The van der Waals surface area contributed by atoms with Crippen molar-refractivity contribution in [3.8, 4) is 0 Å². The maximum atomic E-state index is 13.1. The van der Waals surface area contributed by atoms with Crippen LogP contribution in [0.2, 0.25) is 0 Å². The lowest BCUT2D eigenvalue weighted by Crippen LogP contribution is -2.49. The molecule has 0 radical (unpaired) electrons. The van der Waals surface area contributed by atoms with Crippen molar-refractivity contribution in [2.75, 3.05) is 25.5 Å². The number of rotatable bonds is 2. The van der Waals surface area contributed by atoms with Gasteiger partial charge < -0.3 is 10.2 Å². The van der Waals surface area contributed by atoms with E-state index in [1.165, 1.54) is 12.3 Å². The third kappa shape index (κ3) is 2.12. The second-order valence-electron chi connectivity index (χ2n) is 3.75. The Morgan fingerprint density at radius 3 is 3.00 bits per heavy atom. The Morgan fingerprint density at radius 1 is 1.67 bits per heavy atom. The van der Waals surface area contributed by atoms with E-state index in [9.17, 15) is 9.18 Å². The zero-order valence-electron chi connectivity index (χ0n) is 8.40. The van der Waals surface area contributed by atoms with Crippen LogP contribution in [0, 0.1) is 11.9 Å². The van der Waals surface area contributed by atoms with E-state index in [2.05, 4.69) is 10.3 Å². The summed E-state index contributed by atoms with van der Waals surface area (Å²) in [6.07, 6.45) is 1.35. The van der Waals surface area contributed by atoms with Gasteiger partial charge in [0.1, 0.15) is 0 Å². The predicted molar refractivity (Wildman–Crippen MR) is 53.8 cm³/mol. The molecule has 1 saturated heterocycles. The SMILES string of the molecule is CN1CC(C(=O)Nc2cccnc2F)C1. The smallest absolute Gasteiger partial charge is 0.236 e. The Kier molecular flexibility index (Phi) is 2.64. The van der Waals surface area contributed by atoms with Gasteiger partial charge in [0.05, 0.1) is 11.6 Å². The second-order valence-corrected chi connectivity index (χ2v) is 3.75.